The highest BCUT2D eigenvalue weighted by Crippen LogP contribution is 2.31. The van der Waals surface area contributed by atoms with Crippen molar-refractivity contribution in [1.29, 1.82) is 0 Å². The number of rotatable bonds is 8. The van der Waals surface area contributed by atoms with E-state index in [9.17, 15) is 87.8 Å². The lowest BCUT2D eigenvalue weighted by Gasteiger charge is -2.30. The molecule has 0 unspecified atom stereocenters. The molecule has 0 aliphatic rings. The maximum atomic E-state index is 13.8. The van der Waals surface area contributed by atoms with Crippen molar-refractivity contribution in [2.75, 3.05) is 28.2 Å². The van der Waals surface area contributed by atoms with Crippen LogP contribution in [0.25, 0.3) is 0 Å². The average molecular weight is 972 g/mol. The molecular weight excluding hydrogens is 952 g/mol. The third-order valence-electron chi connectivity index (χ3n) is 7.55. The van der Waals surface area contributed by atoms with Gasteiger partial charge in [-0.25, -0.2) is 87.8 Å². The van der Waals surface area contributed by atoms with Crippen LogP contribution in [-0.4, -0.2) is 37.2 Å². The topological polar surface area (TPSA) is 0 Å². The van der Waals surface area contributed by atoms with E-state index in [-0.39, 0.29) is 34.0 Å². The van der Waals surface area contributed by atoms with Crippen LogP contribution in [-0.2, 0) is 26.2 Å². The largest absolute Gasteiger partial charge is 1.00 e. The van der Waals surface area contributed by atoms with Crippen molar-refractivity contribution in [1.82, 2.24) is 0 Å². The SMILES string of the molecule is C[N+](C)(Cc1c(F)c(F)c(F)c(F)c1F)Cc1c(F)c(F)c(F)c(F)c1F.C[N+](C)(Cc1c(F)c(F)c(F)c(F)c1F)Cc1c(F)c(F)c(F)c(F)c1F.[Br-].[Br-]. The number of nitrogens with zero attached hydrogens (tertiary/aromatic N) is 2. The quantitative estimate of drug-likeness (QED) is 0.110. The van der Waals surface area contributed by atoms with Crippen molar-refractivity contribution >= 4 is 0 Å². The fraction of sp³-hybridized carbons (Fsp3) is 0.250. The monoisotopic (exact) mass is 970 g/mol. The predicted molar refractivity (Wildman–Crippen MR) is 144 cm³/mol. The van der Waals surface area contributed by atoms with E-state index in [1.807, 2.05) is 0 Å². The lowest BCUT2D eigenvalue weighted by Crippen LogP contribution is -3.00. The molecule has 2 nitrogen and oxygen atoms in total. The van der Waals surface area contributed by atoms with Gasteiger partial charge in [-0.05, 0) is 0 Å². The van der Waals surface area contributed by atoms with Crippen molar-refractivity contribution in [3.05, 3.63) is 139 Å². The van der Waals surface area contributed by atoms with E-state index in [1.165, 1.54) is 0 Å². The van der Waals surface area contributed by atoms with E-state index < -0.39 is 174 Å². The Labute approximate surface area is 323 Å². The van der Waals surface area contributed by atoms with Gasteiger partial charge in [-0.2, -0.15) is 0 Å². The Morgan fingerprint density at radius 1 is 0.214 bits per heavy atom. The van der Waals surface area contributed by atoms with Crippen LogP contribution in [0.3, 0.4) is 0 Å². The highest BCUT2D eigenvalue weighted by molar-refractivity contribution is 5.27. The molecule has 0 spiro atoms. The van der Waals surface area contributed by atoms with Gasteiger partial charge in [0.1, 0.15) is 26.2 Å². The molecule has 0 bridgehead atoms. The predicted octanol–water partition coefficient (Wildman–Crippen LogP) is 3.72. The summed E-state index contributed by atoms with van der Waals surface area (Å²) >= 11 is 0. The van der Waals surface area contributed by atoms with Crippen molar-refractivity contribution in [3.63, 3.8) is 0 Å². The van der Waals surface area contributed by atoms with Gasteiger partial charge in [0, 0.05) is 0 Å². The third-order valence-corrected chi connectivity index (χ3v) is 7.55. The summed E-state index contributed by atoms with van der Waals surface area (Å²) in [6.07, 6.45) is 0. The molecule has 0 N–H and O–H groups in total. The van der Waals surface area contributed by atoms with E-state index in [0.29, 0.717) is 0 Å². The molecule has 0 aliphatic heterocycles. The summed E-state index contributed by atoms with van der Waals surface area (Å²) in [5, 5.41) is 0. The van der Waals surface area contributed by atoms with Crippen LogP contribution in [0.5, 0.6) is 0 Å². The highest BCUT2D eigenvalue weighted by atomic mass is 79.9. The minimum Gasteiger partial charge on any atom is -1.00 e. The van der Waals surface area contributed by atoms with E-state index >= 15 is 0 Å². The van der Waals surface area contributed by atoms with E-state index in [4.69, 9.17) is 0 Å². The molecule has 0 heterocycles. The van der Waals surface area contributed by atoms with Gasteiger partial charge in [-0.1, -0.05) is 0 Å². The van der Waals surface area contributed by atoms with Gasteiger partial charge >= 0.3 is 0 Å². The lowest BCUT2D eigenvalue weighted by molar-refractivity contribution is -0.917. The van der Waals surface area contributed by atoms with E-state index in [2.05, 4.69) is 0 Å². The Morgan fingerprint density at radius 2 is 0.304 bits per heavy atom. The molecule has 0 saturated heterocycles. The minimum absolute atomic E-state index is 0. The number of hydrogen-bond acceptors (Lipinski definition) is 0. The Kier molecular flexibility index (Phi) is 16.5. The van der Waals surface area contributed by atoms with Gasteiger partial charge in [0.05, 0.1) is 50.4 Å². The molecule has 312 valence electrons. The summed E-state index contributed by atoms with van der Waals surface area (Å²) in [4.78, 5) is 0. The number of halogens is 22. The first-order valence-electron chi connectivity index (χ1n) is 14.2. The first-order valence-corrected chi connectivity index (χ1v) is 14.2. The first kappa shape index (κ1) is 50.4. The van der Waals surface area contributed by atoms with Crippen molar-refractivity contribution < 1.29 is 131 Å². The summed E-state index contributed by atoms with van der Waals surface area (Å²) in [6.45, 7) is -3.98. The summed E-state index contributed by atoms with van der Waals surface area (Å²) in [5.41, 5.74) is -5.17. The second-order valence-electron chi connectivity index (χ2n) is 12.7. The maximum Gasteiger partial charge on any atom is 0.200 e. The van der Waals surface area contributed by atoms with Crippen LogP contribution < -0.4 is 34.0 Å². The van der Waals surface area contributed by atoms with Crippen molar-refractivity contribution in [2.24, 2.45) is 0 Å². The zero-order valence-electron chi connectivity index (χ0n) is 28.0. The van der Waals surface area contributed by atoms with E-state index in [1.54, 1.807) is 0 Å². The Balaban J connectivity index is 0.000000541. The number of hydrogen-bond donors (Lipinski definition) is 0. The lowest BCUT2D eigenvalue weighted by atomic mass is 10.1. The van der Waals surface area contributed by atoms with Crippen LogP contribution in [0.2, 0.25) is 0 Å². The van der Waals surface area contributed by atoms with Crippen LogP contribution in [0.4, 0.5) is 87.8 Å². The smallest absolute Gasteiger partial charge is 0.200 e. The van der Waals surface area contributed by atoms with Crippen molar-refractivity contribution in [2.45, 2.75) is 26.2 Å². The molecule has 56 heavy (non-hydrogen) atoms. The molecule has 24 heteroatoms. The molecule has 0 amide bonds. The zero-order chi connectivity index (χ0) is 41.7. The van der Waals surface area contributed by atoms with Gasteiger partial charge in [-0.15, -0.1) is 0 Å². The van der Waals surface area contributed by atoms with Crippen LogP contribution in [0.1, 0.15) is 22.3 Å². The Bertz CT molecular complexity index is 1750. The van der Waals surface area contributed by atoms with Gasteiger partial charge < -0.3 is 42.9 Å². The van der Waals surface area contributed by atoms with E-state index in [0.717, 1.165) is 28.2 Å². The molecule has 0 radical (unpaired) electrons. The molecule has 0 aliphatic carbocycles. The summed E-state index contributed by atoms with van der Waals surface area (Å²) < 4.78 is 267. The summed E-state index contributed by atoms with van der Waals surface area (Å²) in [5.74, 6) is -44.6. The molecule has 4 aromatic rings. The van der Waals surface area contributed by atoms with Gasteiger partial charge in [0.2, 0.25) is 23.3 Å². The molecule has 0 aromatic heterocycles. The second kappa shape index (κ2) is 18.3. The average Bonchev–Trinajstić information content (AvgIpc) is 3.12. The highest BCUT2D eigenvalue weighted by Gasteiger charge is 2.36. The molecule has 4 rings (SSSR count). The van der Waals surface area contributed by atoms with Crippen LogP contribution in [0, 0.1) is 116 Å². The van der Waals surface area contributed by atoms with Crippen molar-refractivity contribution in [3.8, 4) is 0 Å². The Morgan fingerprint density at radius 3 is 0.411 bits per heavy atom. The Hall–Kier alpha value is -3.64. The van der Waals surface area contributed by atoms with Gasteiger partial charge in [-0.3, -0.25) is 0 Å². The normalized spacial score (nSPS) is 11.6. The zero-order valence-corrected chi connectivity index (χ0v) is 31.2. The minimum atomic E-state index is -2.39. The number of benzene rings is 4. The van der Waals surface area contributed by atoms with Gasteiger partial charge in [0.15, 0.2) is 93.1 Å². The fourth-order valence-corrected chi connectivity index (χ4v) is 4.98. The van der Waals surface area contributed by atoms with Crippen LogP contribution >= 0.6 is 0 Å². The summed E-state index contributed by atoms with van der Waals surface area (Å²) in [7, 11) is 4.15. The summed E-state index contributed by atoms with van der Waals surface area (Å²) in [6, 6.07) is 0. The third kappa shape index (κ3) is 9.72. The van der Waals surface area contributed by atoms with Crippen LogP contribution in [0.15, 0.2) is 0 Å². The maximum absolute atomic E-state index is 13.8. The molecular formula is C32H20Br2F20N2. The fourth-order valence-electron chi connectivity index (χ4n) is 4.98. The standard InChI is InChI=1S/2C16H10F10N.2BrH/c2*1-27(2,3-5-7(17)11(21)15(25)12(22)8(5)18)4-6-9(19)13(23)16(26)14(24)10(6)20;;/h2*3-4H2,1-2H3;2*1H/q2*+1;;/p-2. The number of quaternary nitrogens is 2. The molecule has 0 fully saturated rings. The molecule has 0 saturated carbocycles. The molecule has 0 atom stereocenters. The first-order chi connectivity index (χ1) is 24.6. The van der Waals surface area contributed by atoms with Gasteiger partial charge in [0.25, 0.3) is 0 Å². The second-order valence-corrected chi connectivity index (χ2v) is 12.7. The molecule has 4 aromatic carbocycles.